The van der Waals surface area contributed by atoms with Crippen LogP contribution in [0.4, 0.5) is 0 Å². The minimum atomic E-state index is 0.467. The molecule has 0 aliphatic rings. The van der Waals surface area contributed by atoms with Crippen molar-refractivity contribution in [1.29, 1.82) is 0 Å². The third-order valence-corrected chi connectivity index (χ3v) is 2.23. The van der Waals surface area contributed by atoms with Crippen LogP contribution in [0, 0.1) is 13.8 Å². The quantitative estimate of drug-likeness (QED) is 0.790. The number of likely N-dealkylation sites (N-methyl/N-ethyl adjacent to an activating group) is 1. The van der Waals surface area contributed by atoms with E-state index < -0.39 is 0 Å². The first kappa shape index (κ1) is 11.1. The molecule has 0 amide bonds. The maximum absolute atomic E-state index is 4.49. The number of nitrogens with zero attached hydrogens (tertiary/aromatic N) is 2. The third-order valence-electron chi connectivity index (χ3n) is 2.23. The van der Waals surface area contributed by atoms with Crippen LogP contribution in [-0.2, 0) is 6.42 Å². The molecule has 1 N–H and O–H groups in total. The smallest absolute Gasteiger partial charge is 0.0634 e. The Balaban J connectivity index is 2.70. The molecule has 1 unspecified atom stereocenters. The Morgan fingerprint density at radius 3 is 2.79 bits per heavy atom. The van der Waals surface area contributed by atoms with E-state index in [0.717, 1.165) is 30.0 Å². The van der Waals surface area contributed by atoms with Crippen LogP contribution in [-0.4, -0.2) is 22.6 Å². The van der Waals surface area contributed by atoms with Gasteiger partial charge in [-0.25, -0.2) is 0 Å². The van der Waals surface area contributed by atoms with Gasteiger partial charge in [-0.1, -0.05) is 6.92 Å². The van der Waals surface area contributed by atoms with Gasteiger partial charge >= 0.3 is 0 Å². The molecule has 0 saturated carbocycles. The molecule has 0 radical (unpaired) electrons. The summed E-state index contributed by atoms with van der Waals surface area (Å²) in [5.41, 5.74) is 3.15. The van der Waals surface area contributed by atoms with Crippen LogP contribution >= 0.6 is 0 Å². The molecule has 3 nitrogen and oxygen atoms in total. The third kappa shape index (κ3) is 3.07. The maximum Gasteiger partial charge on any atom is 0.0634 e. The van der Waals surface area contributed by atoms with Gasteiger partial charge < -0.3 is 5.32 Å². The van der Waals surface area contributed by atoms with E-state index in [0.29, 0.717) is 6.04 Å². The maximum atomic E-state index is 4.49. The summed E-state index contributed by atoms with van der Waals surface area (Å²) < 4.78 is 0. The molecule has 0 fully saturated rings. The summed E-state index contributed by atoms with van der Waals surface area (Å²) in [6.45, 7) is 9.28. The highest BCUT2D eigenvalue weighted by atomic mass is 14.9. The number of aryl methyl sites for hydroxylation is 2. The zero-order valence-electron chi connectivity index (χ0n) is 9.46. The molecule has 0 bridgehead atoms. The molecule has 1 aromatic rings. The van der Waals surface area contributed by atoms with E-state index in [1.165, 1.54) is 0 Å². The van der Waals surface area contributed by atoms with Gasteiger partial charge in [0.2, 0.25) is 0 Å². The summed E-state index contributed by atoms with van der Waals surface area (Å²) in [5.74, 6) is 0. The van der Waals surface area contributed by atoms with Crippen LogP contribution in [0.15, 0.2) is 6.20 Å². The summed E-state index contributed by atoms with van der Waals surface area (Å²) in [7, 11) is 0. The molecule has 0 aliphatic heterocycles. The van der Waals surface area contributed by atoms with Gasteiger partial charge in [0.05, 0.1) is 17.1 Å². The van der Waals surface area contributed by atoms with Gasteiger partial charge in [-0.2, -0.15) is 0 Å². The summed E-state index contributed by atoms with van der Waals surface area (Å²) in [6, 6.07) is 0.467. The first-order valence-electron chi connectivity index (χ1n) is 5.16. The average molecular weight is 193 g/mol. The number of nitrogens with one attached hydrogen (secondary N) is 1. The van der Waals surface area contributed by atoms with Crippen molar-refractivity contribution in [2.75, 3.05) is 6.54 Å². The number of hydrogen-bond donors (Lipinski definition) is 1. The Bertz CT molecular complexity index is 297. The molecule has 1 aromatic heterocycles. The first-order valence-corrected chi connectivity index (χ1v) is 5.16. The van der Waals surface area contributed by atoms with Crippen molar-refractivity contribution in [3.8, 4) is 0 Å². The fourth-order valence-corrected chi connectivity index (χ4v) is 1.49. The molecule has 1 heterocycles. The van der Waals surface area contributed by atoms with Crippen LogP contribution in [0.3, 0.4) is 0 Å². The zero-order valence-corrected chi connectivity index (χ0v) is 9.46. The summed E-state index contributed by atoms with van der Waals surface area (Å²) >= 11 is 0. The predicted molar refractivity (Wildman–Crippen MR) is 58.3 cm³/mol. The van der Waals surface area contributed by atoms with Crippen LogP contribution in [0.1, 0.15) is 30.9 Å². The second kappa shape index (κ2) is 5.05. The Kier molecular flexibility index (Phi) is 4.01. The lowest BCUT2D eigenvalue weighted by molar-refractivity contribution is 0.556. The van der Waals surface area contributed by atoms with Gasteiger partial charge in [0.25, 0.3) is 0 Å². The standard InChI is InChI=1S/C11H19N3/c1-5-12-8(2)6-11-10(4)13-7-9(3)14-11/h7-8,12H,5-6H2,1-4H3. The van der Waals surface area contributed by atoms with Crippen LogP contribution in [0.5, 0.6) is 0 Å². The van der Waals surface area contributed by atoms with E-state index in [1.54, 1.807) is 0 Å². The summed E-state index contributed by atoms with van der Waals surface area (Å²) in [4.78, 5) is 8.79. The molecule has 78 valence electrons. The lowest BCUT2D eigenvalue weighted by atomic mass is 10.1. The highest BCUT2D eigenvalue weighted by Crippen LogP contribution is 2.05. The fourth-order valence-electron chi connectivity index (χ4n) is 1.49. The SMILES string of the molecule is CCNC(C)Cc1nc(C)cnc1C. The Hall–Kier alpha value is -0.960. The molecular formula is C11H19N3. The fraction of sp³-hybridized carbons (Fsp3) is 0.636. The second-order valence-corrected chi connectivity index (χ2v) is 3.71. The van der Waals surface area contributed by atoms with Gasteiger partial charge in [-0.05, 0) is 27.3 Å². The van der Waals surface area contributed by atoms with Gasteiger partial charge in [0, 0.05) is 18.7 Å². The Labute approximate surface area is 86.0 Å². The van der Waals surface area contributed by atoms with Crippen LogP contribution < -0.4 is 5.32 Å². The summed E-state index contributed by atoms with van der Waals surface area (Å²) in [5, 5.41) is 3.37. The molecule has 0 spiro atoms. The van der Waals surface area contributed by atoms with Gasteiger partial charge in [-0.3, -0.25) is 9.97 Å². The van der Waals surface area contributed by atoms with E-state index in [9.17, 15) is 0 Å². The molecule has 0 aromatic carbocycles. The van der Waals surface area contributed by atoms with Crippen molar-refractivity contribution in [3.05, 3.63) is 23.3 Å². The lowest BCUT2D eigenvalue weighted by Gasteiger charge is -2.12. The minimum absolute atomic E-state index is 0.467. The zero-order chi connectivity index (χ0) is 10.6. The van der Waals surface area contributed by atoms with Crippen molar-refractivity contribution < 1.29 is 0 Å². The highest BCUT2D eigenvalue weighted by molar-refractivity contribution is 5.13. The summed E-state index contributed by atoms with van der Waals surface area (Å²) in [6.07, 6.45) is 2.77. The first-order chi connectivity index (χ1) is 6.63. The van der Waals surface area contributed by atoms with Gasteiger partial charge in [0.15, 0.2) is 0 Å². The highest BCUT2D eigenvalue weighted by Gasteiger charge is 2.06. The molecule has 1 rings (SSSR count). The largest absolute Gasteiger partial charge is 0.314 e. The Morgan fingerprint density at radius 2 is 2.14 bits per heavy atom. The van der Waals surface area contributed by atoms with Crippen molar-refractivity contribution in [2.24, 2.45) is 0 Å². The van der Waals surface area contributed by atoms with Gasteiger partial charge in [0.1, 0.15) is 0 Å². The average Bonchev–Trinajstić information content (AvgIpc) is 2.12. The monoisotopic (exact) mass is 193 g/mol. The number of hydrogen-bond acceptors (Lipinski definition) is 3. The van der Waals surface area contributed by atoms with E-state index in [1.807, 2.05) is 20.0 Å². The normalized spacial score (nSPS) is 12.9. The molecule has 0 saturated heterocycles. The van der Waals surface area contributed by atoms with Crippen molar-refractivity contribution >= 4 is 0 Å². The predicted octanol–water partition coefficient (Wildman–Crippen LogP) is 1.63. The second-order valence-electron chi connectivity index (χ2n) is 3.71. The molecular weight excluding hydrogens is 174 g/mol. The number of aromatic nitrogens is 2. The lowest BCUT2D eigenvalue weighted by Crippen LogP contribution is -2.28. The van der Waals surface area contributed by atoms with E-state index >= 15 is 0 Å². The topological polar surface area (TPSA) is 37.8 Å². The molecule has 3 heteroatoms. The van der Waals surface area contributed by atoms with Crippen LogP contribution in [0.25, 0.3) is 0 Å². The molecule has 1 atom stereocenters. The Morgan fingerprint density at radius 1 is 1.43 bits per heavy atom. The molecule has 14 heavy (non-hydrogen) atoms. The van der Waals surface area contributed by atoms with Crippen molar-refractivity contribution in [1.82, 2.24) is 15.3 Å². The van der Waals surface area contributed by atoms with Crippen molar-refractivity contribution in [2.45, 2.75) is 40.2 Å². The van der Waals surface area contributed by atoms with E-state index in [2.05, 4.69) is 29.1 Å². The number of rotatable bonds is 4. The molecule has 0 aliphatic carbocycles. The van der Waals surface area contributed by atoms with E-state index in [-0.39, 0.29) is 0 Å². The van der Waals surface area contributed by atoms with Crippen molar-refractivity contribution in [3.63, 3.8) is 0 Å². The van der Waals surface area contributed by atoms with Gasteiger partial charge in [-0.15, -0.1) is 0 Å². The minimum Gasteiger partial charge on any atom is -0.314 e. The van der Waals surface area contributed by atoms with Crippen LogP contribution in [0.2, 0.25) is 0 Å². The van der Waals surface area contributed by atoms with E-state index in [4.69, 9.17) is 0 Å².